The van der Waals surface area contributed by atoms with E-state index in [2.05, 4.69) is 28.1 Å². The van der Waals surface area contributed by atoms with E-state index in [9.17, 15) is 5.26 Å². The van der Waals surface area contributed by atoms with Gasteiger partial charge >= 0.3 is 0 Å². The van der Waals surface area contributed by atoms with Crippen LogP contribution in [0, 0.1) is 29.1 Å². The molecular weight excluding hydrogens is 338 g/mol. The fourth-order valence-electron chi connectivity index (χ4n) is 6.42. The fourth-order valence-corrected chi connectivity index (χ4v) is 7.30. The number of hydrogen-bond acceptors (Lipinski definition) is 3. The molecule has 3 nitrogen and oxygen atoms in total. The van der Waals surface area contributed by atoms with E-state index in [4.69, 9.17) is 4.98 Å². The van der Waals surface area contributed by atoms with Crippen molar-refractivity contribution in [2.75, 3.05) is 0 Å². The van der Waals surface area contributed by atoms with E-state index in [0.29, 0.717) is 11.0 Å². The Morgan fingerprint density at radius 2 is 1.85 bits per heavy atom. The van der Waals surface area contributed by atoms with Crippen molar-refractivity contribution in [2.24, 2.45) is 17.8 Å². The lowest BCUT2D eigenvalue weighted by molar-refractivity contribution is -0.00696. The summed E-state index contributed by atoms with van der Waals surface area (Å²) in [5.41, 5.74) is 4.64. The lowest BCUT2D eigenvalue weighted by Gasteiger charge is -2.56. The number of imidazole rings is 1. The number of rotatable bonds is 2. The van der Waals surface area contributed by atoms with Crippen LogP contribution in [-0.4, -0.2) is 9.38 Å². The molecule has 0 radical (unpaired) electrons. The molecule has 3 aromatic rings. The van der Waals surface area contributed by atoms with Crippen molar-refractivity contribution in [2.45, 2.75) is 43.9 Å². The minimum Gasteiger partial charge on any atom is -0.290 e. The van der Waals surface area contributed by atoms with Crippen molar-refractivity contribution < 1.29 is 0 Å². The molecule has 0 aliphatic heterocycles. The molecule has 26 heavy (non-hydrogen) atoms. The summed E-state index contributed by atoms with van der Waals surface area (Å²) in [7, 11) is 0. The molecule has 4 fully saturated rings. The normalized spacial score (nSPS) is 32.2. The summed E-state index contributed by atoms with van der Waals surface area (Å²) >= 11 is 1.72. The number of hydrogen-bond donors (Lipinski definition) is 0. The van der Waals surface area contributed by atoms with Gasteiger partial charge in [-0.2, -0.15) is 5.26 Å². The second-order valence-corrected chi connectivity index (χ2v) is 9.63. The van der Waals surface area contributed by atoms with Gasteiger partial charge in [0.1, 0.15) is 0 Å². The molecule has 2 aromatic heterocycles. The highest BCUT2D eigenvalue weighted by molar-refractivity contribution is 7.15. The van der Waals surface area contributed by atoms with E-state index < -0.39 is 0 Å². The Bertz CT molecular complexity index is 1020. The lowest BCUT2D eigenvalue weighted by Crippen LogP contribution is -2.48. The minimum absolute atomic E-state index is 0.340. The van der Waals surface area contributed by atoms with Gasteiger partial charge in [0.2, 0.25) is 0 Å². The minimum atomic E-state index is 0.340. The summed E-state index contributed by atoms with van der Waals surface area (Å²) in [6, 6.07) is 10.1. The molecule has 4 heteroatoms. The van der Waals surface area contributed by atoms with Gasteiger partial charge in [-0.1, -0.05) is 12.1 Å². The molecule has 2 heterocycles. The first-order chi connectivity index (χ1) is 12.7. The summed E-state index contributed by atoms with van der Waals surface area (Å²) in [5.74, 6) is 2.81. The number of nitrogens with zero attached hydrogens (tertiary/aromatic N) is 3. The third-order valence-corrected chi connectivity index (χ3v) is 7.92. The molecule has 0 N–H and O–H groups in total. The molecule has 130 valence electrons. The van der Waals surface area contributed by atoms with Crippen LogP contribution < -0.4 is 0 Å². The first-order valence-electron chi connectivity index (χ1n) is 9.70. The maximum Gasteiger partial charge on any atom is 0.194 e. The zero-order valence-corrected chi connectivity index (χ0v) is 15.5. The summed E-state index contributed by atoms with van der Waals surface area (Å²) in [6.07, 6.45) is 10.8. The van der Waals surface area contributed by atoms with E-state index in [1.165, 1.54) is 44.2 Å². The Morgan fingerprint density at radius 3 is 2.54 bits per heavy atom. The number of benzene rings is 1. The van der Waals surface area contributed by atoms with Crippen molar-refractivity contribution in [3.05, 3.63) is 47.1 Å². The Morgan fingerprint density at radius 1 is 1.12 bits per heavy atom. The zero-order chi connectivity index (χ0) is 17.3. The van der Waals surface area contributed by atoms with Crippen LogP contribution >= 0.6 is 11.3 Å². The van der Waals surface area contributed by atoms with Crippen LogP contribution in [0.3, 0.4) is 0 Å². The van der Waals surface area contributed by atoms with Gasteiger partial charge in [0.25, 0.3) is 0 Å². The molecule has 0 amide bonds. The number of aromatic nitrogens is 2. The van der Waals surface area contributed by atoms with Gasteiger partial charge in [-0.15, -0.1) is 11.3 Å². The molecule has 4 bridgehead atoms. The van der Waals surface area contributed by atoms with Gasteiger partial charge in [-0.05, 0) is 68.4 Å². The van der Waals surface area contributed by atoms with Gasteiger partial charge in [0, 0.05) is 22.6 Å². The van der Waals surface area contributed by atoms with Crippen LogP contribution in [-0.2, 0) is 5.41 Å². The lowest BCUT2D eigenvalue weighted by atomic mass is 9.49. The monoisotopic (exact) mass is 359 g/mol. The third-order valence-electron chi connectivity index (χ3n) is 7.08. The highest BCUT2D eigenvalue weighted by atomic mass is 32.1. The second kappa shape index (κ2) is 5.20. The van der Waals surface area contributed by atoms with Crippen LogP contribution in [0.25, 0.3) is 16.2 Å². The highest BCUT2D eigenvalue weighted by Crippen LogP contribution is 2.60. The molecule has 4 saturated carbocycles. The van der Waals surface area contributed by atoms with Crippen molar-refractivity contribution >= 4 is 16.3 Å². The van der Waals surface area contributed by atoms with Crippen molar-refractivity contribution in [1.82, 2.24) is 9.38 Å². The molecule has 4 aliphatic rings. The predicted octanol–water partition coefficient (Wildman–Crippen LogP) is 5.40. The Hall–Kier alpha value is -2.12. The Balaban J connectivity index is 1.45. The average molecular weight is 359 g/mol. The highest BCUT2D eigenvalue weighted by Gasteiger charge is 2.52. The molecular formula is C22H21N3S. The van der Waals surface area contributed by atoms with E-state index in [-0.39, 0.29) is 0 Å². The topological polar surface area (TPSA) is 41.1 Å². The van der Waals surface area contributed by atoms with Crippen LogP contribution in [0.4, 0.5) is 0 Å². The first kappa shape index (κ1) is 15.0. The molecule has 0 saturated heterocycles. The number of thiazole rings is 1. The van der Waals surface area contributed by atoms with Gasteiger partial charge in [-0.25, -0.2) is 4.98 Å². The zero-order valence-electron chi connectivity index (χ0n) is 14.7. The Labute approximate surface area is 157 Å². The Kier molecular flexibility index (Phi) is 3.00. The quantitative estimate of drug-likeness (QED) is 0.614. The van der Waals surface area contributed by atoms with Crippen LogP contribution in [0.5, 0.6) is 0 Å². The van der Waals surface area contributed by atoms with Gasteiger partial charge in [0.05, 0.1) is 23.0 Å². The van der Waals surface area contributed by atoms with E-state index in [0.717, 1.165) is 34.0 Å². The maximum absolute atomic E-state index is 9.21. The smallest absolute Gasteiger partial charge is 0.194 e. The standard InChI is InChI=1S/C22H21N3S/c23-11-14-2-1-3-18(7-14)19-13-26-21-24-20(12-25(19)21)22-8-15-4-16(9-22)6-17(5-15)10-22/h1-3,7,12-13,15-17H,4-6,8-10H2. The van der Waals surface area contributed by atoms with E-state index >= 15 is 0 Å². The van der Waals surface area contributed by atoms with Crippen LogP contribution in [0.2, 0.25) is 0 Å². The van der Waals surface area contributed by atoms with E-state index in [1.807, 2.05) is 18.2 Å². The summed E-state index contributed by atoms with van der Waals surface area (Å²) < 4.78 is 2.26. The van der Waals surface area contributed by atoms with Crippen LogP contribution in [0.15, 0.2) is 35.8 Å². The summed E-state index contributed by atoms with van der Waals surface area (Å²) in [6.45, 7) is 0. The first-order valence-corrected chi connectivity index (χ1v) is 10.6. The SMILES string of the molecule is N#Cc1cccc(-c2csc3nc(C45CC6CC(CC(C6)C4)C5)cn23)c1. The van der Waals surface area contributed by atoms with Crippen molar-refractivity contribution in [1.29, 1.82) is 5.26 Å². The fraction of sp³-hybridized carbons (Fsp3) is 0.455. The molecule has 0 atom stereocenters. The molecule has 0 unspecified atom stereocenters. The van der Waals surface area contributed by atoms with Crippen LogP contribution in [0.1, 0.15) is 49.8 Å². The molecule has 0 spiro atoms. The van der Waals surface area contributed by atoms with Crippen molar-refractivity contribution in [3.8, 4) is 17.3 Å². The second-order valence-electron chi connectivity index (χ2n) is 8.79. The number of fused-ring (bicyclic) bond motifs is 1. The van der Waals surface area contributed by atoms with Gasteiger partial charge < -0.3 is 0 Å². The average Bonchev–Trinajstić information content (AvgIpc) is 3.21. The maximum atomic E-state index is 9.21. The summed E-state index contributed by atoms with van der Waals surface area (Å²) in [5, 5.41) is 11.4. The summed E-state index contributed by atoms with van der Waals surface area (Å²) in [4.78, 5) is 6.20. The molecule has 7 rings (SSSR count). The van der Waals surface area contributed by atoms with Crippen molar-refractivity contribution in [3.63, 3.8) is 0 Å². The van der Waals surface area contributed by atoms with Gasteiger partial charge in [0.15, 0.2) is 4.96 Å². The largest absolute Gasteiger partial charge is 0.290 e. The van der Waals surface area contributed by atoms with Gasteiger partial charge in [-0.3, -0.25) is 4.40 Å². The number of nitriles is 1. The predicted molar refractivity (Wildman–Crippen MR) is 103 cm³/mol. The third kappa shape index (κ3) is 2.07. The molecule has 4 aliphatic carbocycles. The van der Waals surface area contributed by atoms with E-state index in [1.54, 1.807) is 11.3 Å². The molecule has 1 aromatic carbocycles.